The van der Waals surface area contributed by atoms with Gasteiger partial charge in [-0.25, -0.2) is 0 Å². The number of hydrogen-bond acceptors (Lipinski definition) is 4. The molecular formula is C16H21NO3. The quantitative estimate of drug-likeness (QED) is 0.931. The minimum absolute atomic E-state index is 0.344. The van der Waals surface area contributed by atoms with Crippen molar-refractivity contribution in [1.29, 1.82) is 0 Å². The lowest BCUT2D eigenvalue weighted by Gasteiger charge is -2.27. The van der Waals surface area contributed by atoms with E-state index in [9.17, 15) is 0 Å². The maximum absolute atomic E-state index is 5.89. The first-order valence-corrected chi connectivity index (χ1v) is 7.16. The van der Waals surface area contributed by atoms with E-state index in [1.807, 2.05) is 18.2 Å². The Labute approximate surface area is 119 Å². The van der Waals surface area contributed by atoms with Crippen molar-refractivity contribution in [2.75, 3.05) is 13.7 Å². The van der Waals surface area contributed by atoms with E-state index in [4.69, 9.17) is 13.9 Å². The zero-order chi connectivity index (χ0) is 13.9. The molecule has 1 saturated heterocycles. The van der Waals surface area contributed by atoms with Crippen LogP contribution in [-0.2, 0) is 11.3 Å². The van der Waals surface area contributed by atoms with Gasteiger partial charge in [0.15, 0.2) is 11.3 Å². The van der Waals surface area contributed by atoms with Crippen molar-refractivity contribution < 1.29 is 13.9 Å². The van der Waals surface area contributed by atoms with E-state index in [-0.39, 0.29) is 0 Å². The summed E-state index contributed by atoms with van der Waals surface area (Å²) in [5, 5.41) is 4.64. The number of furan rings is 1. The summed E-state index contributed by atoms with van der Waals surface area (Å²) in [6.45, 7) is 3.71. The van der Waals surface area contributed by atoms with Crippen LogP contribution in [0.1, 0.15) is 25.5 Å². The van der Waals surface area contributed by atoms with Crippen LogP contribution < -0.4 is 10.1 Å². The van der Waals surface area contributed by atoms with E-state index in [0.717, 1.165) is 48.5 Å². The van der Waals surface area contributed by atoms with Crippen molar-refractivity contribution in [2.24, 2.45) is 0 Å². The number of hydrogen-bond donors (Lipinski definition) is 1. The van der Waals surface area contributed by atoms with Gasteiger partial charge in [-0.15, -0.1) is 0 Å². The highest BCUT2D eigenvalue weighted by Gasteiger charge is 2.19. The fourth-order valence-electron chi connectivity index (χ4n) is 2.77. The Kier molecular flexibility index (Phi) is 3.94. The Balaban J connectivity index is 1.68. The molecule has 4 nitrogen and oxygen atoms in total. The molecule has 2 heterocycles. The molecule has 0 aliphatic carbocycles. The van der Waals surface area contributed by atoms with Gasteiger partial charge in [0.2, 0.25) is 0 Å². The van der Waals surface area contributed by atoms with Crippen LogP contribution >= 0.6 is 0 Å². The largest absolute Gasteiger partial charge is 0.493 e. The number of nitrogens with one attached hydrogen (secondary N) is 1. The minimum Gasteiger partial charge on any atom is -0.493 e. The summed E-state index contributed by atoms with van der Waals surface area (Å²) in [4.78, 5) is 0. The van der Waals surface area contributed by atoms with Crippen LogP contribution in [0.3, 0.4) is 0 Å². The Hall–Kier alpha value is -1.52. The van der Waals surface area contributed by atoms with E-state index in [1.54, 1.807) is 7.11 Å². The highest BCUT2D eigenvalue weighted by molar-refractivity contribution is 5.83. The summed E-state index contributed by atoms with van der Waals surface area (Å²) in [5.41, 5.74) is 0.826. The van der Waals surface area contributed by atoms with Gasteiger partial charge in [0.25, 0.3) is 0 Å². The summed E-state index contributed by atoms with van der Waals surface area (Å²) in [7, 11) is 1.67. The fourth-order valence-corrected chi connectivity index (χ4v) is 2.77. The first-order chi connectivity index (χ1) is 9.76. The van der Waals surface area contributed by atoms with Crippen molar-refractivity contribution in [1.82, 2.24) is 5.32 Å². The predicted molar refractivity (Wildman–Crippen MR) is 78.0 cm³/mol. The number of para-hydroxylation sites is 1. The normalized spacial score (nSPS) is 23.1. The molecule has 1 N–H and O–H groups in total. The molecule has 2 aromatic rings. The average Bonchev–Trinajstić information content (AvgIpc) is 2.88. The van der Waals surface area contributed by atoms with E-state index >= 15 is 0 Å². The molecular weight excluding hydrogens is 254 g/mol. The highest BCUT2D eigenvalue weighted by Crippen LogP contribution is 2.28. The summed E-state index contributed by atoms with van der Waals surface area (Å²) in [6.07, 6.45) is 2.47. The molecule has 1 aromatic heterocycles. The van der Waals surface area contributed by atoms with Crippen LogP contribution in [0, 0.1) is 0 Å². The van der Waals surface area contributed by atoms with Gasteiger partial charge in [0, 0.05) is 18.0 Å². The van der Waals surface area contributed by atoms with Gasteiger partial charge in [0.05, 0.1) is 19.8 Å². The van der Waals surface area contributed by atoms with Gasteiger partial charge in [-0.3, -0.25) is 0 Å². The first kappa shape index (κ1) is 13.5. The predicted octanol–water partition coefficient (Wildman–Crippen LogP) is 3.10. The Bertz CT molecular complexity index is 578. The molecule has 4 heteroatoms. The molecule has 20 heavy (non-hydrogen) atoms. The van der Waals surface area contributed by atoms with E-state index < -0.39 is 0 Å². The van der Waals surface area contributed by atoms with Crippen molar-refractivity contribution in [2.45, 2.75) is 38.5 Å². The second kappa shape index (κ2) is 5.85. The van der Waals surface area contributed by atoms with Crippen LogP contribution in [0.25, 0.3) is 11.0 Å². The molecule has 1 aliphatic rings. The van der Waals surface area contributed by atoms with Crippen molar-refractivity contribution in [3.05, 3.63) is 30.0 Å². The monoisotopic (exact) mass is 275 g/mol. The second-order valence-electron chi connectivity index (χ2n) is 5.37. The number of rotatable bonds is 4. The molecule has 2 unspecified atom stereocenters. The molecule has 0 radical (unpaired) electrons. The number of fused-ring (bicyclic) bond motifs is 1. The molecule has 1 aromatic carbocycles. The number of methoxy groups -OCH3 is 1. The third-order valence-electron chi connectivity index (χ3n) is 3.83. The summed E-state index contributed by atoms with van der Waals surface area (Å²) < 4.78 is 16.8. The molecule has 108 valence electrons. The standard InChI is InChI=1S/C16H21NO3/c1-11-8-13(6-7-19-11)17-10-14-9-12-4-3-5-15(18-2)16(12)20-14/h3-5,9,11,13,17H,6-8,10H2,1-2H3. The maximum atomic E-state index is 5.89. The molecule has 1 aliphatic heterocycles. The zero-order valence-electron chi connectivity index (χ0n) is 12.0. The lowest BCUT2D eigenvalue weighted by molar-refractivity contribution is 0.0128. The smallest absolute Gasteiger partial charge is 0.176 e. The maximum Gasteiger partial charge on any atom is 0.176 e. The van der Waals surface area contributed by atoms with Crippen molar-refractivity contribution in [3.8, 4) is 5.75 Å². The van der Waals surface area contributed by atoms with Crippen LogP contribution in [0.2, 0.25) is 0 Å². The molecule has 2 atom stereocenters. The van der Waals surface area contributed by atoms with E-state index in [2.05, 4.69) is 18.3 Å². The van der Waals surface area contributed by atoms with Gasteiger partial charge in [0.1, 0.15) is 5.76 Å². The van der Waals surface area contributed by atoms with Gasteiger partial charge < -0.3 is 19.2 Å². The van der Waals surface area contributed by atoms with Crippen LogP contribution in [0.4, 0.5) is 0 Å². The molecule has 0 bridgehead atoms. The van der Waals surface area contributed by atoms with Crippen LogP contribution in [0.15, 0.2) is 28.7 Å². The summed E-state index contributed by atoms with van der Waals surface area (Å²) >= 11 is 0. The van der Waals surface area contributed by atoms with E-state index in [1.165, 1.54) is 0 Å². The lowest BCUT2D eigenvalue weighted by Crippen LogP contribution is -2.37. The van der Waals surface area contributed by atoms with Gasteiger partial charge in [-0.1, -0.05) is 12.1 Å². The van der Waals surface area contributed by atoms with Gasteiger partial charge in [-0.05, 0) is 31.9 Å². The van der Waals surface area contributed by atoms with Gasteiger partial charge in [-0.2, -0.15) is 0 Å². The second-order valence-corrected chi connectivity index (χ2v) is 5.37. The topological polar surface area (TPSA) is 43.6 Å². The third kappa shape index (κ3) is 2.81. The third-order valence-corrected chi connectivity index (χ3v) is 3.83. The Morgan fingerprint density at radius 2 is 2.30 bits per heavy atom. The minimum atomic E-state index is 0.344. The molecule has 3 rings (SSSR count). The molecule has 1 fully saturated rings. The molecule has 0 saturated carbocycles. The Morgan fingerprint density at radius 1 is 1.40 bits per heavy atom. The molecule has 0 amide bonds. The Morgan fingerprint density at radius 3 is 3.10 bits per heavy atom. The van der Waals surface area contributed by atoms with Crippen LogP contribution in [0.5, 0.6) is 5.75 Å². The average molecular weight is 275 g/mol. The molecule has 0 spiro atoms. The lowest BCUT2D eigenvalue weighted by atomic mass is 10.0. The highest BCUT2D eigenvalue weighted by atomic mass is 16.5. The fraction of sp³-hybridized carbons (Fsp3) is 0.500. The van der Waals surface area contributed by atoms with Gasteiger partial charge >= 0.3 is 0 Å². The first-order valence-electron chi connectivity index (χ1n) is 7.16. The van der Waals surface area contributed by atoms with Crippen LogP contribution in [-0.4, -0.2) is 25.9 Å². The number of benzene rings is 1. The zero-order valence-corrected chi connectivity index (χ0v) is 12.0. The van der Waals surface area contributed by atoms with Crippen molar-refractivity contribution >= 4 is 11.0 Å². The SMILES string of the molecule is COc1cccc2cc(CNC3CCOC(C)C3)oc12. The van der Waals surface area contributed by atoms with Crippen molar-refractivity contribution in [3.63, 3.8) is 0 Å². The summed E-state index contributed by atoms with van der Waals surface area (Å²) in [6, 6.07) is 8.53. The number of ether oxygens (including phenoxy) is 2. The van der Waals surface area contributed by atoms with E-state index in [0.29, 0.717) is 12.1 Å². The summed E-state index contributed by atoms with van der Waals surface area (Å²) in [5.74, 6) is 1.73.